The molecule has 1 aromatic carbocycles. The number of halogens is 3. The minimum Gasteiger partial charge on any atom is -0.459 e. The Kier molecular flexibility index (Phi) is 4.74. The highest BCUT2D eigenvalue weighted by atomic mass is 35.5. The number of hydrogen-bond acceptors (Lipinski definition) is 5. The molecular formula is C18H12ClF2N5O2. The zero-order valence-corrected chi connectivity index (χ0v) is 14.9. The molecule has 0 fully saturated rings. The molecule has 0 aliphatic heterocycles. The molecule has 0 radical (unpaired) electrons. The number of nitrogens with zero attached hydrogens (tertiary/aromatic N) is 4. The highest BCUT2D eigenvalue weighted by molar-refractivity contribution is 6.30. The van der Waals surface area contributed by atoms with Gasteiger partial charge in [-0.05, 0) is 29.8 Å². The average Bonchev–Trinajstić information content (AvgIpc) is 3.08. The van der Waals surface area contributed by atoms with Crippen molar-refractivity contribution in [3.8, 4) is 28.5 Å². The number of fused-ring (bicyclic) bond motifs is 1. The molecule has 0 aliphatic carbocycles. The number of rotatable bonds is 5. The Bertz CT molecular complexity index is 1180. The first-order chi connectivity index (χ1) is 13.5. The fourth-order valence-corrected chi connectivity index (χ4v) is 2.82. The molecule has 4 aromatic rings. The first kappa shape index (κ1) is 18.1. The van der Waals surface area contributed by atoms with Crippen LogP contribution >= 0.6 is 11.6 Å². The second kappa shape index (κ2) is 7.35. The van der Waals surface area contributed by atoms with Crippen LogP contribution in [0.15, 0.2) is 53.5 Å². The van der Waals surface area contributed by atoms with Crippen LogP contribution < -0.4 is 10.4 Å². The lowest BCUT2D eigenvalue weighted by Crippen LogP contribution is -2.21. The van der Waals surface area contributed by atoms with Crippen molar-refractivity contribution in [2.75, 3.05) is 6.61 Å². The number of aromatic nitrogens is 5. The molecule has 7 nitrogen and oxygen atoms in total. The van der Waals surface area contributed by atoms with E-state index in [2.05, 4.69) is 20.1 Å². The molecule has 1 N–H and O–H groups in total. The average molecular weight is 404 g/mol. The largest absolute Gasteiger partial charge is 0.459 e. The molecule has 0 amide bonds. The van der Waals surface area contributed by atoms with Crippen LogP contribution in [-0.4, -0.2) is 37.6 Å². The third-order valence-corrected chi connectivity index (χ3v) is 4.11. The Balaban J connectivity index is 1.98. The van der Waals surface area contributed by atoms with Crippen LogP contribution in [0.25, 0.3) is 28.2 Å². The van der Waals surface area contributed by atoms with Crippen molar-refractivity contribution in [3.63, 3.8) is 0 Å². The fourth-order valence-electron chi connectivity index (χ4n) is 2.70. The topological polar surface area (TPSA) is 85.2 Å². The second-order valence-electron chi connectivity index (χ2n) is 5.73. The number of alkyl halides is 2. The van der Waals surface area contributed by atoms with Crippen molar-refractivity contribution >= 4 is 17.2 Å². The molecule has 0 saturated heterocycles. The van der Waals surface area contributed by atoms with Crippen LogP contribution in [0.4, 0.5) is 8.78 Å². The minimum absolute atomic E-state index is 0.149. The second-order valence-corrected chi connectivity index (χ2v) is 6.17. The predicted molar refractivity (Wildman–Crippen MR) is 98.8 cm³/mol. The van der Waals surface area contributed by atoms with Crippen LogP contribution in [0.1, 0.15) is 0 Å². The number of H-pyrrole nitrogens is 1. The molecule has 10 heteroatoms. The molecule has 0 aliphatic rings. The molecule has 4 rings (SSSR count). The van der Waals surface area contributed by atoms with Crippen LogP contribution in [-0.2, 0) is 0 Å². The van der Waals surface area contributed by atoms with Crippen molar-refractivity contribution in [1.82, 2.24) is 24.6 Å². The zero-order chi connectivity index (χ0) is 19.7. The summed E-state index contributed by atoms with van der Waals surface area (Å²) in [6, 6.07) is 11.8. The summed E-state index contributed by atoms with van der Waals surface area (Å²) in [6.07, 6.45) is -1.11. The number of benzene rings is 1. The highest BCUT2D eigenvalue weighted by Gasteiger charge is 2.21. The smallest absolute Gasteiger partial charge is 0.352 e. The van der Waals surface area contributed by atoms with Gasteiger partial charge in [0.25, 0.3) is 12.4 Å². The molecule has 0 unspecified atom stereocenters. The highest BCUT2D eigenvalue weighted by Crippen LogP contribution is 2.33. The summed E-state index contributed by atoms with van der Waals surface area (Å²) in [5.74, 6) is 0. The third-order valence-electron chi connectivity index (χ3n) is 3.86. The number of ether oxygens (including phenoxy) is 1. The Labute approximate surface area is 161 Å². The SMILES string of the molecule is O=c1[nH]c(OCC(F)F)nc2c(-c3ccc(Cl)cc3)c(-c3ccccn3)nn12. The Hall–Kier alpha value is -3.33. The van der Waals surface area contributed by atoms with Gasteiger partial charge in [-0.2, -0.15) is 14.6 Å². The maximum absolute atomic E-state index is 12.5. The summed E-state index contributed by atoms with van der Waals surface area (Å²) in [4.78, 5) is 23.2. The molecule has 0 spiro atoms. The molecule has 3 aromatic heterocycles. The molecule has 0 saturated carbocycles. The third kappa shape index (κ3) is 3.44. The van der Waals surface area contributed by atoms with Crippen molar-refractivity contribution in [2.24, 2.45) is 0 Å². The lowest BCUT2D eigenvalue weighted by molar-refractivity contribution is 0.0768. The standard InChI is InChI=1S/C18H12ClF2N5O2/c19-11-6-4-10(5-7-11)14-15(12-3-1-2-8-22-12)25-26-16(14)23-17(24-18(26)27)28-9-13(20)21/h1-8,13H,9H2,(H,23,24,27). The number of nitrogens with one attached hydrogen (secondary N) is 1. The summed E-state index contributed by atoms with van der Waals surface area (Å²) >= 11 is 5.97. The lowest BCUT2D eigenvalue weighted by atomic mass is 10.0. The zero-order valence-electron chi connectivity index (χ0n) is 14.1. The van der Waals surface area contributed by atoms with Crippen LogP contribution in [0.3, 0.4) is 0 Å². The van der Waals surface area contributed by atoms with Gasteiger partial charge in [-0.15, -0.1) is 0 Å². The normalized spacial score (nSPS) is 11.3. The van der Waals surface area contributed by atoms with E-state index in [-0.39, 0.29) is 11.7 Å². The van der Waals surface area contributed by atoms with Gasteiger partial charge >= 0.3 is 5.69 Å². The Morgan fingerprint density at radius 1 is 1.18 bits per heavy atom. The number of aromatic amines is 1. The summed E-state index contributed by atoms with van der Waals surface area (Å²) in [5.41, 5.74) is 1.59. The maximum atomic E-state index is 12.5. The van der Waals surface area contributed by atoms with E-state index in [1.54, 1.807) is 48.7 Å². The van der Waals surface area contributed by atoms with E-state index < -0.39 is 18.7 Å². The van der Waals surface area contributed by atoms with E-state index in [1.165, 1.54) is 0 Å². The van der Waals surface area contributed by atoms with Gasteiger partial charge in [-0.25, -0.2) is 13.6 Å². The van der Waals surface area contributed by atoms with Gasteiger partial charge in [-0.1, -0.05) is 29.8 Å². The van der Waals surface area contributed by atoms with Gasteiger partial charge in [0.1, 0.15) is 5.69 Å². The Morgan fingerprint density at radius 2 is 1.96 bits per heavy atom. The Morgan fingerprint density at radius 3 is 2.64 bits per heavy atom. The van der Waals surface area contributed by atoms with Crippen LogP contribution in [0.2, 0.25) is 5.02 Å². The summed E-state index contributed by atoms with van der Waals surface area (Å²) in [6.45, 7) is -0.892. The molecule has 28 heavy (non-hydrogen) atoms. The molecule has 3 heterocycles. The lowest BCUT2D eigenvalue weighted by Gasteiger charge is -2.05. The molecule has 0 atom stereocenters. The first-order valence-electron chi connectivity index (χ1n) is 8.14. The van der Waals surface area contributed by atoms with Crippen molar-refractivity contribution < 1.29 is 13.5 Å². The minimum atomic E-state index is -2.70. The van der Waals surface area contributed by atoms with E-state index in [9.17, 15) is 13.6 Å². The van der Waals surface area contributed by atoms with Gasteiger partial charge < -0.3 is 4.74 Å². The van der Waals surface area contributed by atoms with E-state index in [1.807, 2.05) is 0 Å². The van der Waals surface area contributed by atoms with E-state index >= 15 is 0 Å². The molecular weight excluding hydrogens is 392 g/mol. The van der Waals surface area contributed by atoms with Crippen molar-refractivity contribution in [3.05, 3.63) is 64.2 Å². The quantitative estimate of drug-likeness (QED) is 0.551. The van der Waals surface area contributed by atoms with E-state index in [0.717, 1.165) is 4.52 Å². The van der Waals surface area contributed by atoms with Gasteiger partial charge in [0.05, 0.1) is 11.3 Å². The summed E-state index contributed by atoms with van der Waals surface area (Å²) < 4.78 is 30.9. The number of pyridine rings is 1. The fraction of sp³-hybridized carbons (Fsp3) is 0.111. The van der Waals surface area contributed by atoms with Crippen molar-refractivity contribution in [1.29, 1.82) is 0 Å². The summed E-state index contributed by atoms with van der Waals surface area (Å²) in [5, 5.41) is 4.86. The predicted octanol–water partition coefficient (Wildman–Crippen LogP) is 3.44. The van der Waals surface area contributed by atoms with Gasteiger partial charge in [0, 0.05) is 11.2 Å². The summed E-state index contributed by atoms with van der Waals surface area (Å²) in [7, 11) is 0. The maximum Gasteiger partial charge on any atom is 0.352 e. The van der Waals surface area contributed by atoms with Crippen molar-refractivity contribution in [2.45, 2.75) is 6.43 Å². The molecule has 142 valence electrons. The van der Waals surface area contributed by atoms with E-state index in [0.29, 0.717) is 27.5 Å². The van der Waals surface area contributed by atoms with Crippen LogP contribution in [0.5, 0.6) is 6.01 Å². The first-order valence-corrected chi connectivity index (χ1v) is 8.52. The van der Waals surface area contributed by atoms with Gasteiger partial charge in [0.15, 0.2) is 12.3 Å². The van der Waals surface area contributed by atoms with Crippen LogP contribution in [0, 0.1) is 0 Å². The van der Waals surface area contributed by atoms with Gasteiger partial charge in [0.2, 0.25) is 0 Å². The van der Waals surface area contributed by atoms with E-state index in [4.69, 9.17) is 16.3 Å². The number of hydrogen-bond donors (Lipinski definition) is 1. The molecule has 0 bridgehead atoms. The van der Waals surface area contributed by atoms with Gasteiger partial charge in [-0.3, -0.25) is 9.97 Å². The monoisotopic (exact) mass is 403 g/mol.